The molecule has 2 saturated carbocycles. The lowest BCUT2D eigenvalue weighted by atomic mass is 9.90. The number of carbonyl (C=O) groups excluding carboxylic acids is 4. The highest BCUT2D eigenvalue weighted by molar-refractivity contribution is 9.11. The Bertz CT molecular complexity index is 2330. The van der Waals surface area contributed by atoms with Crippen molar-refractivity contribution in [1.29, 1.82) is 0 Å². The molecule has 4 atom stereocenters. The zero-order valence-corrected chi connectivity index (χ0v) is 39.1. The van der Waals surface area contributed by atoms with E-state index in [4.69, 9.17) is 0 Å². The van der Waals surface area contributed by atoms with Gasteiger partial charge in [0, 0.05) is 82.7 Å². The van der Waals surface area contributed by atoms with Gasteiger partial charge in [-0.25, -0.2) is 0 Å². The number of likely N-dealkylation sites (tertiary alicyclic amines) is 2. The van der Waals surface area contributed by atoms with Crippen molar-refractivity contribution in [3.05, 3.63) is 104 Å². The van der Waals surface area contributed by atoms with E-state index in [-0.39, 0.29) is 69.9 Å². The van der Waals surface area contributed by atoms with Gasteiger partial charge in [0.05, 0.1) is 11.1 Å². The lowest BCUT2D eigenvalue weighted by Gasteiger charge is -2.24. The summed E-state index contributed by atoms with van der Waals surface area (Å²) in [6.07, 6.45) is -5.84. The molecular formula is C48H46Br2F6N4O4S. The Hall–Kier alpha value is -4.35. The van der Waals surface area contributed by atoms with Gasteiger partial charge in [-0.05, 0) is 108 Å². The van der Waals surface area contributed by atoms with Crippen LogP contribution in [-0.4, -0.2) is 72.7 Å². The molecule has 0 spiro atoms. The van der Waals surface area contributed by atoms with Gasteiger partial charge in [0.1, 0.15) is 0 Å². The number of nitrogens with zero attached hydrogens (tertiary/aromatic N) is 2. The molecule has 2 saturated heterocycles. The Morgan fingerprint density at radius 1 is 0.615 bits per heavy atom. The largest absolute Gasteiger partial charge is 0.418 e. The van der Waals surface area contributed by atoms with Crippen molar-refractivity contribution >= 4 is 67.3 Å². The van der Waals surface area contributed by atoms with Crippen LogP contribution in [0.2, 0.25) is 0 Å². The van der Waals surface area contributed by atoms with Crippen LogP contribution in [-0.2, 0) is 31.5 Å². The summed E-state index contributed by atoms with van der Waals surface area (Å²) in [6, 6.07) is 18.1. The number of halogens is 8. The van der Waals surface area contributed by atoms with E-state index in [2.05, 4.69) is 42.5 Å². The summed E-state index contributed by atoms with van der Waals surface area (Å²) in [5.41, 5.74) is -1.75. The first-order chi connectivity index (χ1) is 31.0. The molecule has 344 valence electrons. The Balaban J connectivity index is 1.12. The van der Waals surface area contributed by atoms with E-state index in [0.29, 0.717) is 85.7 Å². The topological polar surface area (TPSA) is 98.8 Å². The van der Waals surface area contributed by atoms with Crippen LogP contribution in [0.4, 0.5) is 26.3 Å². The van der Waals surface area contributed by atoms with Crippen LogP contribution in [0, 0.1) is 11.8 Å². The minimum Gasteiger partial charge on any atom is -0.356 e. The minimum atomic E-state index is -5.04. The smallest absolute Gasteiger partial charge is 0.356 e. The number of amides is 4. The lowest BCUT2D eigenvalue weighted by molar-refractivity contribution is -0.139. The molecule has 4 amide bonds. The third kappa shape index (κ3) is 10.5. The number of hydrogen-bond donors (Lipinski definition) is 2. The average Bonchev–Trinajstić information content (AvgIpc) is 4.16. The van der Waals surface area contributed by atoms with E-state index in [0.717, 1.165) is 12.8 Å². The molecule has 0 bridgehead atoms. The van der Waals surface area contributed by atoms with Crippen LogP contribution in [0.25, 0.3) is 22.3 Å². The lowest BCUT2D eigenvalue weighted by Crippen LogP contribution is -2.31. The number of nitrogens with one attached hydrogen (secondary N) is 2. The zero-order chi connectivity index (χ0) is 46.2. The predicted octanol–water partition coefficient (Wildman–Crippen LogP) is 11.2. The van der Waals surface area contributed by atoms with Gasteiger partial charge >= 0.3 is 12.4 Å². The first kappa shape index (κ1) is 47.2. The zero-order valence-electron chi connectivity index (χ0n) is 35.1. The van der Waals surface area contributed by atoms with Gasteiger partial charge in [-0.2, -0.15) is 26.3 Å². The molecule has 0 aromatic heterocycles. The molecule has 2 aliphatic carbocycles. The standard InChI is InChI=1S/C48H46Br2F6N4O4S/c49-35-11-3-1-9-29(35)41-27(31-25-33(31)45(63)57-19-7-23-59-21-5-13-39(59)61)15-17-37(43(41)47(51,52)53)65-38-18-16-28(42(44(38)48(54,55)56)30-10-2-4-12-36(30)50)32-26-34(32)46(64)58-20-8-24-60-22-6-14-40(60)62/h1-4,9-12,15-18,31-34H,5-8,13-14,19-26H2,(H,57,63)(H,58,64). The van der Waals surface area contributed by atoms with Gasteiger partial charge in [-0.1, -0.05) is 92.2 Å². The Morgan fingerprint density at radius 3 is 1.37 bits per heavy atom. The second-order valence-electron chi connectivity index (χ2n) is 17.0. The summed E-state index contributed by atoms with van der Waals surface area (Å²) < 4.78 is 95.0. The van der Waals surface area contributed by atoms with E-state index in [9.17, 15) is 19.2 Å². The quantitative estimate of drug-likeness (QED) is 0.0860. The molecular weight excluding hydrogens is 1000 g/mol. The maximum Gasteiger partial charge on any atom is 0.418 e. The van der Waals surface area contributed by atoms with E-state index >= 15 is 26.3 Å². The van der Waals surface area contributed by atoms with E-state index in [1.807, 2.05) is 0 Å². The van der Waals surface area contributed by atoms with Crippen LogP contribution in [0.5, 0.6) is 0 Å². The summed E-state index contributed by atoms with van der Waals surface area (Å²) >= 11 is 7.23. The van der Waals surface area contributed by atoms with Gasteiger partial charge < -0.3 is 20.4 Å². The fourth-order valence-electron chi connectivity index (χ4n) is 9.34. The maximum atomic E-state index is 15.7. The first-order valence-electron chi connectivity index (χ1n) is 21.8. The predicted molar refractivity (Wildman–Crippen MR) is 242 cm³/mol. The molecule has 17 heteroatoms. The molecule has 4 unspecified atom stereocenters. The van der Waals surface area contributed by atoms with Crippen LogP contribution < -0.4 is 10.6 Å². The number of alkyl halides is 6. The summed E-state index contributed by atoms with van der Waals surface area (Å²) in [5, 5.41) is 5.75. The molecule has 65 heavy (non-hydrogen) atoms. The summed E-state index contributed by atoms with van der Waals surface area (Å²) in [7, 11) is 0. The molecule has 4 aliphatic rings. The number of rotatable bonds is 16. The van der Waals surface area contributed by atoms with E-state index in [1.165, 1.54) is 36.4 Å². The minimum absolute atomic E-state index is 0.0744. The molecule has 8 nitrogen and oxygen atoms in total. The van der Waals surface area contributed by atoms with Gasteiger partial charge in [0.25, 0.3) is 0 Å². The van der Waals surface area contributed by atoms with Crippen molar-refractivity contribution in [2.45, 2.75) is 85.3 Å². The van der Waals surface area contributed by atoms with Crippen molar-refractivity contribution < 1.29 is 45.5 Å². The highest BCUT2D eigenvalue weighted by Crippen LogP contribution is 2.58. The fourth-order valence-corrected chi connectivity index (χ4v) is 11.5. The van der Waals surface area contributed by atoms with Crippen molar-refractivity contribution in [1.82, 2.24) is 20.4 Å². The van der Waals surface area contributed by atoms with Gasteiger partial charge in [-0.15, -0.1) is 0 Å². The molecule has 2 N–H and O–H groups in total. The van der Waals surface area contributed by atoms with E-state index in [1.54, 1.807) is 46.2 Å². The second-order valence-corrected chi connectivity index (χ2v) is 19.8. The highest BCUT2D eigenvalue weighted by atomic mass is 79.9. The maximum absolute atomic E-state index is 15.7. The number of carbonyl (C=O) groups is 4. The molecule has 0 radical (unpaired) electrons. The van der Waals surface area contributed by atoms with Crippen LogP contribution in [0.1, 0.15) is 85.5 Å². The van der Waals surface area contributed by atoms with Crippen molar-refractivity contribution in [3.8, 4) is 22.3 Å². The fraction of sp³-hybridized carbons (Fsp3) is 0.417. The van der Waals surface area contributed by atoms with Crippen molar-refractivity contribution in [2.75, 3.05) is 39.3 Å². The number of hydrogen-bond acceptors (Lipinski definition) is 5. The Kier molecular flexibility index (Phi) is 14.1. The molecule has 2 heterocycles. The molecule has 2 aliphatic heterocycles. The second kappa shape index (κ2) is 19.5. The summed E-state index contributed by atoms with van der Waals surface area (Å²) in [4.78, 5) is 53.3. The van der Waals surface area contributed by atoms with Crippen molar-refractivity contribution in [3.63, 3.8) is 0 Å². The molecule has 4 aromatic rings. The van der Waals surface area contributed by atoms with Crippen molar-refractivity contribution in [2.24, 2.45) is 11.8 Å². The van der Waals surface area contributed by atoms with Gasteiger partial charge in [0.15, 0.2) is 0 Å². The monoisotopic (exact) mass is 1050 g/mol. The first-order valence-corrected chi connectivity index (χ1v) is 24.2. The van der Waals surface area contributed by atoms with Gasteiger partial charge in [0.2, 0.25) is 23.6 Å². The van der Waals surface area contributed by atoms with Crippen LogP contribution in [0.3, 0.4) is 0 Å². The summed E-state index contributed by atoms with van der Waals surface area (Å²) in [6.45, 7) is 2.94. The molecule has 8 rings (SSSR count). The molecule has 4 aromatic carbocycles. The Labute approximate surface area is 393 Å². The molecule has 4 fully saturated rings. The SMILES string of the molecule is O=C(NCCCN1CCCC1=O)C1CC1c1ccc(Sc2ccc(C3CC3C(=O)NCCCN3CCCC3=O)c(-c3ccccc3Br)c2C(F)(F)F)c(C(F)(F)F)c1-c1ccccc1Br. The third-order valence-electron chi connectivity index (χ3n) is 12.7. The Morgan fingerprint density at radius 2 is 1.02 bits per heavy atom. The van der Waals surface area contributed by atoms with Crippen LogP contribution >= 0.6 is 43.6 Å². The number of benzene rings is 4. The highest BCUT2D eigenvalue weighted by Gasteiger charge is 2.50. The average molecular weight is 1050 g/mol. The van der Waals surface area contributed by atoms with Gasteiger partial charge in [-0.3, -0.25) is 19.2 Å². The normalized spacial score (nSPS) is 20.7. The van der Waals surface area contributed by atoms with Crippen LogP contribution in [0.15, 0.2) is 91.5 Å². The third-order valence-corrected chi connectivity index (χ3v) is 15.2. The van der Waals surface area contributed by atoms with E-state index < -0.39 is 56.9 Å². The summed E-state index contributed by atoms with van der Waals surface area (Å²) in [5.74, 6) is -2.87.